The lowest BCUT2D eigenvalue weighted by atomic mass is 10.2. The van der Waals surface area contributed by atoms with E-state index in [1.54, 1.807) is 0 Å². The molecule has 0 saturated carbocycles. The molecular formula is C12H16N2O4S. The largest absolute Gasteiger partial charge is 0.376 e. The first kappa shape index (κ1) is 14.0. The van der Waals surface area contributed by atoms with Gasteiger partial charge in [0.15, 0.2) is 0 Å². The molecule has 1 aromatic rings. The van der Waals surface area contributed by atoms with Crippen molar-refractivity contribution in [2.24, 2.45) is 5.14 Å². The van der Waals surface area contributed by atoms with Crippen LogP contribution in [0.3, 0.4) is 0 Å². The predicted octanol–water partition coefficient (Wildman–Crippen LogP) is 0.243. The fourth-order valence-corrected chi connectivity index (χ4v) is 2.43. The smallest absolute Gasteiger partial charge is 0.251 e. The van der Waals surface area contributed by atoms with Crippen LogP contribution in [0.15, 0.2) is 29.2 Å². The van der Waals surface area contributed by atoms with E-state index in [0.29, 0.717) is 12.1 Å². The van der Waals surface area contributed by atoms with Crippen molar-refractivity contribution in [3.63, 3.8) is 0 Å². The quantitative estimate of drug-likeness (QED) is 0.827. The van der Waals surface area contributed by atoms with E-state index in [1.165, 1.54) is 24.3 Å². The van der Waals surface area contributed by atoms with Gasteiger partial charge >= 0.3 is 0 Å². The molecule has 6 nitrogen and oxygen atoms in total. The number of benzene rings is 1. The lowest BCUT2D eigenvalue weighted by Crippen LogP contribution is -2.31. The number of rotatable bonds is 4. The first-order valence-corrected chi connectivity index (χ1v) is 7.54. The molecule has 1 fully saturated rings. The van der Waals surface area contributed by atoms with Gasteiger partial charge in [-0.25, -0.2) is 13.6 Å². The van der Waals surface area contributed by atoms with E-state index in [1.807, 2.05) is 0 Å². The van der Waals surface area contributed by atoms with E-state index in [9.17, 15) is 13.2 Å². The number of amides is 1. The standard InChI is InChI=1S/C12H16N2O4S/c13-19(16,17)11-5-3-9(4-6-11)12(15)14-8-10-2-1-7-18-10/h3-6,10H,1-2,7-8H2,(H,14,15)(H2,13,16,17). The molecular weight excluding hydrogens is 268 g/mol. The Bertz CT molecular complexity index is 548. The summed E-state index contributed by atoms with van der Waals surface area (Å²) in [7, 11) is -3.72. The number of nitrogens with one attached hydrogen (secondary N) is 1. The molecule has 3 N–H and O–H groups in total. The summed E-state index contributed by atoms with van der Waals surface area (Å²) < 4.78 is 27.5. The second-order valence-electron chi connectivity index (χ2n) is 4.41. The van der Waals surface area contributed by atoms with Crippen LogP contribution in [0.1, 0.15) is 23.2 Å². The number of ether oxygens (including phenoxy) is 1. The van der Waals surface area contributed by atoms with Crippen LogP contribution in [0.5, 0.6) is 0 Å². The number of carbonyl (C=O) groups is 1. The Kier molecular flexibility index (Phi) is 4.18. The zero-order valence-corrected chi connectivity index (χ0v) is 11.2. The predicted molar refractivity (Wildman–Crippen MR) is 69.1 cm³/mol. The minimum Gasteiger partial charge on any atom is -0.376 e. The molecule has 1 aromatic carbocycles. The topological polar surface area (TPSA) is 98.5 Å². The Balaban J connectivity index is 1.95. The van der Waals surface area contributed by atoms with Crippen molar-refractivity contribution in [2.45, 2.75) is 23.8 Å². The van der Waals surface area contributed by atoms with Gasteiger partial charge in [0.1, 0.15) is 0 Å². The summed E-state index contributed by atoms with van der Waals surface area (Å²) in [6.45, 7) is 1.21. The van der Waals surface area contributed by atoms with E-state index < -0.39 is 10.0 Å². The molecule has 1 saturated heterocycles. The number of nitrogens with two attached hydrogens (primary N) is 1. The Hall–Kier alpha value is -1.44. The van der Waals surface area contributed by atoms with Gasteiger partial charge in [0.2, 0.25) is 10.0 Å². The molecule has 1 aliphatic rings. The van der Waals surface area contributed by atoms with Crippen LogP contribution >= 0.6 is 0 Å². The number of primary sulfonamides is 1. The Labute approximate surface area is 112 Å². The minimum atomic E-state index is -3.72. The Morgan fingerprint density at radius 2 is 2.05 bits per heavy atom. The third kappa shape index (κ3) is 3.76. The van der Waals surface area contributed by atoms with Crippen LogP contribution in [-0.2, 0) is 14.8 Å². The highest BCUT2D eigenvalue weighted by molar-refractivity contribution is 7.89. The average molecular weight is 284 g/mol. The molecule has 0 spiro atoms. The van der Waals surface area contributed by atoms with Crippen molar-refractivity contribution in [1.29, 1.82) is 0 Å². The third-order valence-electron chi connectivity index (χ3n) is 2.96. The van der Waals surface area contributed by atoms with Crippen molar-refractivity contribution in [3.8, 4) is 0 Å². The molecule has 1 unspecified atom stereocenters. The minimum absolute atomic E-state index is 0.0109. The maximum Gasteiger partial charge on any atom is 0.251 e. The van der Waals surface area contributed by atoms with Crippen LogP contribution < -0.4 is 10.5 Å². The molecule has 104 valence electrons. The zero-order valence-electron chi connectivity index (χ0n) is 10.3. The van der Waals surface area contributed by atoms with Gasteiger partial charge in [-0.05, 0) is 37.1 Å². The highest BCUT2D eigenvalue weighted by Gasteiger charge is 2.17. The number of hydrogen-bond donors (Lipinski definition) is 2. The maximum atomic E-state index is 11.8. The molecule has 0 aromatic heterocycles. The number of hydrogen-bond acceptors (Lipinski definition) is 4. The van der Waals surface area contributed by atoms with Crippen molar-refractivity contribution in [2.75, 3.05) is 13.2 Å². The molecule has 0 radical (unpaired) electrons. The van der Waals surface area contributed by atoms with Crippen LogP contribution in [0, 0.1) is 0 Å². The lowest BCUT2D eigenvalue weighted by Gasteiger charge is -2.10. The zero-order chi connectivity index (χ0) is 13.9. The summed E-state index contributed by atoms with van der Waals surface area (Å²) in [6.07, 6.45) is 2.04. The normalized spacial score (nSPS) is 19.3. The summed E-state index contributed by atoms with van der Waals surface area (Å²) >= 11 is 0. The molecule has 1 aliphatic heterocycles. The van der Waals surface area contributed by atoms with Crippen LogP contribution in [0.25, 0.3) is 0 Å². The molecule has 19 heavy (non-hydrogen) atoms. The summed E-state index contributed by atoms with van der Waals surface area (Å²) in [5.74, 6) is -0.253. The monoisotopic (exact) mass is 284 g/mol. The first-order chi connectivity index (χ1) is 8.97. The molecule has 1 amide bonds. The molecule has 1 heterocycles. The van der Waals surface area contributed by atoms with Gasteiger partial charge in [-0.1, -0.05) is 0 Å². The maximum absolute atomic E-state index is 11.8. The average Bonchev–Trinajstić information content (AvgIpc) is 2.88. The van der Waals surface area contributed by atoms with Crippen molar-refractivity contribution < 1.29 is 17.9 Å². The summed E-state index contributed by atoms with van der Waals surface area (Å²) in [5.41, 5.74) is 0.394. The summed E-state index contributed by atoms with van der Waals surface area (Å²) in [4.78, 5) is 11.8. The lowest BCUT2D eigenvalue weighted by molar-refractivity contribution is 0.0857. The van der Waals surface area contributed by atoms with Gasteiger partial charge in [-0.15, -0.1) is 0 Å². The van der Waals surface area contributed by atoms with Gasteiger partial charge in [-0.2, -0.15) is 0 Å². The number of sulfonamides is 1. The molecule has 0 bridgehead atoms. The molecule has 7 heteroatoms. The van der Waals surface area contributed by atoms with Gasteiger partial charge < -0.3 is 10.1 Å². The SMILES string of the molecule is NS(=O)(=O)c1ccc(C(=O)NCC2CCCO2)cc1. The van der Waals surface area contributed by atoms with E-state index >= 15 is 0 Å². The van der Waals surface area contributed by atoms with Crippen molar-refractivity contribution in [3.05, 3.63) is 29.8 Å². The Morgan fingerprint density at radius 3 is 2.58 bits per heavy atom. The van der Waals surface area contributed by atoms with Crippen LogP contribution in [0.2, 0.25) is 0 Å². The van der Waals surface area contributed by atoms with Crippen LogP contribution in [0.4, 0.5) is 0 Å². The fourth-order valence-electron chi connectivity index (χ4n) is 1.91. The van der Waals surface area contributed by atoms with E-state index in [0.717, 1.165) is 19.4 Å². The van der Waals surface area contributed by atoms with E-state index in [2.05, 4.69) is 5.32 Å². The number of carbonyl (C=O) groups excluding carboxylic acids is 1. The highest BCUT2D eigenvalue weighted by Crippen LogP contribution is 2.12. The first-order valence-electron chi connectivity index (χ1n) is 5.99. The van der Waals surface area contributed by atoms with Crippen molar-refractivity contribution >= 4 is 15.9 Å². The van der Waals surface area contributed by atoms with E-state index in [4.69, 9.17) is 9.88 Å². The van der Waals surface area contributed by atoms with Crippen molar-refractivity contribution in [1.82, 2.24) is 5.32 Å². The van der Waals surface area contributed by atoms with Crippen LogP contribution in [-0.4, -0.2) is 33.6 Å². The molecule has 2 rings (SSSR count). The molecule has 0 aliphatic carbocycles. The summed E-state index contributed by atoms with van der Waals surface area (Å²) in [6, 6.07) is 5.50. The van der Waals surface area contributed by atoms with Gasteiger partial charge in [0, 0.05) is 18.7 Å². The third-order valence-corrected chi connectivity index (χ3v) is 3.89. The second kappa shape index (κ2) is 5.68. The highest BCUT2D eigenvalue weighted by atomic mass is 32.2. The molecule has 1 atom stereocenters. The van der Waals surface area contributed by atoms with Gasteiger partial charge in [0.05, 0.1) is 11.0 Å². The Morgan fingerprint density at radius 1 is 1.37 bits per heavy atom. The second-order valence-corrected chi connectivity index (χ2v) is 5.98. The fraction of sp³-hybridized carbons (Fsp3) is 0.417. The van der Waals surface area contributed by atoms with Gasteiger partial charge in [0.25, 0.3) is 5.91 Å². The van der Waals surface area contributed by atoms with E-state index in [-0.39, 0.29) is 16.9 Å². The summed E-state index contributed by atoms with van der Waals surface area (Å²) in [5, 5.41) is 7.73. The van der Waals surface area contributed by atoms with Gasteiger partial charge in [-0.3, -0.25) is 4.79 Å².